The van der Waals surface area contributed by atoms with Crippen molar-refractivity contribution in [3.8, 4) is 0 Å². The number of hydrogen-bond donors (Lipinski definition) is 2. The van der Waals surface area contributed by atoms with Gasteiger partial charge in [0.15, 0.2) is 0 Å². The number of amides is 2. The number of aromatic nitrogens is 1. The van der Waals surface area contributed by atoms with Crippen LogP contribution in [-0.2, 0) is 11.8 Å². The first kappa shape index (κ1) is 16.0. The van der Waals surface area contributed by atoms with Gasteiger partial charge in [-0.2, -0.15) is 0 Å². The summed E-state index contributed by atoms with van der Waals surface area (Å²) in [5.41, 5.74) is 1.20. The summed E-state index contributed by atoms with van der Waals surface area (Å²) in [7, 11) is 2.04. The highest BCUT2D eigenvalue weighted by molar-refractivity contribution is 7.14. The molecule has 1 aliphatic heterocycles. The van der Waals surface area contributed by atoms with Gasteiger partial charge in [-0.1, -0.05) is 0 Å². The number of hydrogen-bond acceptors (Lipinski definition) is 4. The summed E-state index contributed by atoms with van der Waals surface area (Å²) in [6.45, 7) is 3.80. The molecule has 1 fully saturated rings. The van der Waals surface area contributed by atoms with Gasteiger partial charge in [-0.25, -0.2) is 4.79 Å². The van der Waals surface area contributed by atoms with Gasteiger partial charge in [-0.3, -0.25) is 10.2 Å². The molecular weight excluding hydrogens is 312 g/mol. The van der Waals surface area contributed by atoms with Crippen LogP contribution in [0.4, 0.5) is 9.80 Å². The number of carbonyl (C=O) groups excluding carboxylic acids is 1. The van der Waals surface area contributed by atoms with Crippen molar-refractivity contribution in [2.24, 2.45) is 7.05 Å². The molecule has 0 aliphatic carbocycles. The molecule has 124 valence electrons. The van der Waals surface area contributed by atoms with Gasteiger partial charge in [0.25, 0.3) is 0 Å². The van der Waals surface area contributed by atoms with Crippen molar-refractivity contribution in [3.05, 3.63) is 41.5 Å². The standard InChI is InChI=1S/C16H22N4O2S/c1-19-6-2-4-13(19)14(20-7-9-22-10-8-20)12-17-16(21)18-15-5-3-11-23-15/h2-6,11,14H,7-10,12H2,1H3,(H2,17,18,21)/t14-/m0/s1. The first-order valence-corrected chi connectivity index (χ1v) is 8.63. The van der Waals surface area contributed by atoms with Crippen molar-refractivity contribution in [2.75, 3.05) is 38.2 Å². The largest absolute Gasteiger partial charge is 0.379 e. The Kier molecular flexibility index (Phi) is 5.32. The second-order valence-corrected chi connectivity index (χ2v) is 6.47. The quantitative estimate of drug-likeness (QED) is 0.882. The van der Waals surface area contributed by atoms with Gasteiger partial charge in [0.1, 0.15) is 0 Å². The summed E-state index contributed by atoms with van der Waals surface area (Å²) >= 11 is 1.51. The average Bonchev–Trinajstić information content (AvgIpc) is 3.21. The Balaban J connectivity index is 1.63. The summed E-state index contributed by atoms with van der Waals surface area (Å²) in [6, 6.07) is 7.93. The summed E-state index contributed by atoms with van der Waals surface area (Å²) in [4.78, 5) is 14.5. The maximum absolute atomic E-state index is 12.1. The molecule has 6 nitrogen and oxygen atoms in total. The van der Waals surface area contributed by atoms with Crippen LogP contribution in [0.1, 0.15) is 11.7 Å². The Morgan fingerprint density at radius 3 is 2.83 bits per heavy atom. The lowest BCUT2D eigenvalue weighted by Crippen LogP contribution is -2.45. The normalized spacial score (nSPS) is 16.9. The number of thiophene rings is 1. The number of anilines is 1. The average molecular weight is 334 g/mol. The highest BCUT2D eigenvalue weighted by Gasteiger charge is 2.24. The number of morpholine rings is 1. The molecular formula is C16H22N4O2S. The van der Waals surface area contributed by atoms with Crippen LogP contribution in [-0.4, -0.2) is 48.3 Å². The van der Waals surface area contributed by atoms with Gasteiger partial charge in [-0.15, -0.1) is 11.3 Å². The SMILES string of the molecule is Cn1cccc1[C@H](CNC(=O)Nc1cccs1)N1CCOCC1. The van der Waals surface area contributed by atoms with Crippen LogP contribution in [0, 0.1) is 0 Å². The van der Waals surface area contributed by atoms with Gasteiger partial charge < -0.3 is 14.6 Å². The molecule has 1 atom stereocenters. The maximum Gasteiger partial charge on any atom is 0.319 e. The Hall–Kier alpha value is -1.83. The van der Waals surface area contributed by atoms with Crippen molar-refractivity contribution in [1.82, 2.24) is 14.8 Å². The zero-order valence-corrected chi connectivity index (χ0v) is 14.0. The lowest BCUT2D eigenvalue weighted by atomic mass is 10.1. The third-order valence-corrected chi connectivity index (χ3v) is 4.81. The zero-order chi connectivity index (χ0) is 16.1. The molecule has 0 radical (unpaired) electrons. The van der Waals surface area contributed by atoms with Crippen LogP contribution in [0.5, 0.6) is 0 Å². The van der Waals surface area contributed by atoms with Crippen LogP contribution in [0.3, 0.4) is 0 Å². The van der Waals surface area contributed by atoms with Gasteiger partial charge in [0, 0.05) is 38.6 Å². The summed E-state index contributed by atoms with van der Waals surface area (Å²) < 4.78 is 7.56. The molecule has 2 aromatic rings. The van der Waals surface area contributed by atoms with Gasteiger partial charge in [0.2, 0.25) is 0 Å². The molecule has 2 amide bonds. The summed E-state index contributed by atoms with van der Waals surface area (Å²) in [5.74, 6) is 0. The molecule has 0 spiro atoms. The fourth-order valence-electron chi connectivity index (χ4n) is 2.83. The second-order valence-electron chi connectivity index (χ2n) is 5.52. The molecule has 0 saturated carbocycles. The summed E-state index contributed by atoms with van der Waals surface area (Å²) in [5, 5.41) is 8.64. The summed E-state index contributed by atoms with van der Waals surface area (Å²) in [6.07, 6.45) is 2.04. The number of carbonyl (C=O) groups is 1. The first-order valence-electron chi connectivity index (χ1n) is 7.75. The highest BCUT2D eigenvalue weighted by Crippen LogP contribution is 2.21. The number of ether oxygens (including phenoxy) is 1. The number of aryl methyl sites for hydroxylation is 1. The van der Waals surface area contributed by atoms with E-state index in [0.717, 1.165) is 31.3 Å². The Morgan fingerprint density at radius 1 is 1.35 bits per heavy atom. The number of urea groups is 1. The minimum Gasteiger partial charge on any atom is -0.379 e. The monoisotopic (exact) mass is 334 g/mol. The van der Waals surface area contributed by atoms with Gasteiger partial charge in [0.05, 0.1) is 24.3 Å². The first-order chi connectivity index (χ1) is 11.2. The fourth-order valence-corrected chi connectivity index (χ4v) is 3.44. The molecule has 2 aromatic heterocycles. The van der Waals surface area contributed by atoms with E-state index in [1.807, 2.05) is 36.8 Å². The van der Waals surface area contributed by atoms with Gasteiger partial charge in [-0.05, 0) is 29.6 Å². The van der Waals surface area contributed by atoms with Crippen molar-refractivity contribution < 1.29 is 9.53 Å². The van der Waals surface area contributed by atoms with Gasteiger partial charge >= 0.3 is 6.03 Å². The van der Waals surface area contributed by atoms with E-state index in [2.05, 4.69) is 26.2 Å². The Labute approximate surface area is 140 Å². The zero-order valence-electron chi connectivity index (χ0n) is 13.2. The van der Waals surface area contributed by atoms with Crippen molar-refractivity contribution >= 4 is 22.4 Å². The molecule has 2 N–H and O–H groups in total. The molecule has 1 aliphatic rings. The molecule has 3 heterocycles. The van der Waals surface area contributed by atoms with Crippen LogP contribution < -0.4 is 10.6 Å². The predicted octanol–water partition coefficient (Wildman–Crippen LogP) is 2.28. The smallest absolute Gasteiger partial charge is 0.319 e. The van der Waals surface area contributed by atoms with E-state index < -0.39 is 0 Å². The van der Waals surface area contributed by atoms with E-state index in [-0.39, 0.29) is 12.1 Å². The van der Waals surface area contributed by atoms with Crippen molar-refractivity contribution in [2.45, 2.75) is 6.04 Å². The van der Waals surface area contributed by atoms with Crippen LogP contribution in [0.25, 0.3) is 0 Å². The fraction of sp³-hybridized carbons (Fsp3) is 0.438. The lowest BCUT2D eigenvalue weighted by Gasteiger charge is -2.34. The van der Waals surface area contributed by atoms with Crippen molar-refractivity contribution in [1.29, 1.82) is 0 Å². The number of rotatable bonds is 5. The minimum atomic E-state index is -0.167. The third kappa shape index (κ3) is 4.13. The lowest BCUT2D eigenvalue weighted by molar-refractivity contribution is 0.0154. The highest BCUT2D eigenvalue weighted by atomic mass is 32.1. The minimum absolute atomic E-state index is 0.146. The van der Waals surface area contributed by atoms with E-state index in [9.17, 15) is 4.79 Å². The number of nitrogens with one attached hydrogen (secondary N) is 2. The van der Waals surface area contributed by atoms with E-state index >= 15 is 0 Å². The van der Waals surface area contributed by atoms with E-state index in [1.54, 1.807) is 0 Å². The Morgan fingerprint density at radius 2 is 2.17 bits per heavy atom. The van der Waals surface area contributed by atoms with E-state index in [4.69, 9.17) is 4.74 Å². The molecule has 0 unspecified atom stereocenters. The number of nitrogens with zero attached hydrogens (tertiary/aromatic N) is 2. The van der Waals surface area contributed by atoms with Crippen LogP contribution >= 0.6 is 11.3 Å². The van der Waals surface area contributed by atoms with E-state index in [1.165, 1.54) is 17.0 Å². The topological polar surface area (TPSA) is 58.5 Å². The van der Waals surface area contributed by atoms with E-state index in [0.29, 0.717) is 6.54 Å². The molecule has 0 bridgehead atoms. The van der Waals surface area contributed by atoms with Crippen molar-refractivity contribution in [3.63, 3.8) is 0 Å². The van der Waals surface area contributed by atoms with Crippen LogP contribution in [0.2, 0.25) is 0 Å². The molecule has 1 saturated heterocycles. The predicted molar refractivity (Wildman–Crippen MR) is 91.9 cm³/mol. The third-order valence-electron chi connectivity index (χ3n) is 4.03. The van der Waals surface area contributed by atoms with Crippen LogP contribution in [0.15, 0.2) is 35.8 Å². The molecule has 0 aromatic carbocycles. The molecule has 7 heteroatoms. The maximum atomic E-state index is 12.1. The Bertz CT molecular complexity index is 620. The molecule has 23 heavy (non-hydrogen) atoms. The molecule has 3 rings (SSSR count). The second kappa shape index (κ2) is 7.63.